The number of methoxy groups -OCH3 is 1. The Morgan fingerprint density at radius 1 is 1.23 bits per heavy atom. The van der Waals surface area contributed by atoms with E-state index in [1.54, 1.807) is 7.11 Å². The molecule has 2 aliphatic rings. The Morgan fingerprint density at radius 3 is 2.90 bits per heavy atom. The van der Waals surface area contributed by atoms with Gasteiger partial charge in [-0.2, -0.15) is 0 Å². The Kier molecular flexibility index (Phi) is 5.00. The van der Waals surface area contributed by atoms with Crippen LogP contribution in [0.1, 0.15) is 35.4 Å². The van der Waals surface area contributed by atoms with E-state index in [0.29, 0.717) is 26.2 Å². The molecule has 0 saturated carbocycles. The number of aromatic amines is 1. The molecule has 5 rings (SSSR count). The van der Waals surface area contributed by atoms with E-state index in [4.69, 9.17) is 4.74 Å². The molecular formula is C21H27N7O2. The van der Waals surface area contributed by atoms with Crippen molar-refractivity contribution in [1.82, 2.24) is 35.0 Å². The first-order valence-electron chi connectivity index (χ1n) is 10.6. The van der Waals surface area contributed by atoms with Crippen molar-refractivity contribution in [2.45, 2.75) is 31.3 Å². The molecule has 1 amide bonds. The molecule has 0 radical (unpaired) electrons. The molecule has 0 spiro atoms. The van der Waals surface area contributed by atoms with Crippen LogP contribution < -0.4 is 0 Å². The van der Waals surface area contributed by atoms with Gasteiger partial charge in [0.15, 0.2) is 5.82 Å². The number of carbonyl (C=O) groups is 1. The van der Waals surface area contributed by atoms with Crippen molar-refractivity contribution < 1.29 is 9.53 Å². The molecule has 2 aromatic heterocycles. The summed E-state index contributed by atoms with van der Waals surface area (Å²) in [7, 11) is 1.68. The Bertz CT molecular complexity index is 1040. The summed E-state index contributed by atoms with van der Waals surface area (Å²) in [6.07, 6.45) is 4.98. The number of aromatic nitrogens is 5. The van der Waals surface area contributed by atoms with Gasteiger partial charge in [-0.25, -0.2) is 4.68 Å². The van der Waals surface area contributed by atoms with Crippen LogP contribution in [0.5, 0.6) is 0 Å². The number of tetrazole rings is 1. The maximum Gasteiger partial charge on any atom is 0.256 e. The summed E-state index contributed by atoms with van der Waals surface area (Å²) in [5.74, 6) is 0.903. The Labute approximate surface area is 175 Å². The van der Waals surface area contributed by atoms with Crippen LogP contribution in [-0.2, 0) is 16.8 Å². The van der Waals surface area contributed by atoms with Crippen molar-refractivity contribution in [2.75, 3.05) is 39.9 Å². The minimum atomic E-state index is -0.352. The van der Waals surface area contributed by atoms with Crippen LogP contribution in [0.4, 0.5) is 0 Å². The number of carbonyl (C=O) groups excluding carboxylic acids is 1. The summed E-state index contributed by atoms with van der Waals surface area (Å²) < 4.78 is 7.09. The number of amides is 1. The number of nitrogens with one attached hydrogen (secondary N) is 1. The van der Waals surface area contributed by atoms with E-state index >= 15 is 0 Å². The molecule has 2 saturated heterocycles. The molecule has 4 heterocycles. The highest BCUT2D eigenvalue weighted by molar-refractivity contribution is 6.06. The monoisotopic (exact) mass is 409 g/mol. The largest absolute Gasteiger partial charge is 0.383 e. The van der Waals surface area contributed by atoms with Crippen molar-refractivity contribution in [3.63, 3.8) is 0 Å². The van der Waals surface area contributed by atoms with E-state index in [-0.39, 0.29) is 11.4 Å². The maximum absolute atomic E-state index is 13.5. The fourth-order valence-electron chi connectivity index (χ4n) is 4.98. The second-order valence-corrected chi connectivity index (χ2v) is 8.17. The third-order valence-electron chi connectivity index (χ3n) is 6.52. The fraction of sp³-hybridized carbons (Fsp3) is 0.524. The number of hydrogen-bond acceptors (Lipinski definition) is 6. The average Bonchev–Trinajstić information content (AvgIpc) is 3.56. The molecule has 2 aliphatic heterocycles. The smallest absolute Gasteiger partial charge is 0.256 e. The number of fused-ring (bicyclic) bond motifs is 1. The van der Waals surface area contributed by atoms with Crippen molar-refractivity contribution in [2.24, 2.45) is 0 Å². The highest BCUT2D eigenvalue weighted by Gasteiger charge is 2.50. The summed E-state index contributed by atoms with van der Waals surface area (Å²) in [4.78, 5) is 21.1. The second-order valence-electron chi connectivity index (χ2n) is 8.17. The fourth-order valence-corrected chi connectivity index (χ4v) is 4.98. The zero-order valence-corrected chi connectivity index (χ0v) is 17.3. The molecular weight excluding hydrogens is 382 g/mol. The van der Waals surface area contributed by atoms with Gasteiger partial charge < -0.3 is 14.6 Å². The lowest BCUT2D eigenvalue weighted by molar-refractivity contribution is 0.0700. The summed E-state index contributed by atoms with van der Waals surface area (Å²) >= 11 is 0. The number of H-pyrrole nitrogens is 1. The van der Waals surface area contributed by atoms with E-state index < -0.39 is 0 Å². The lowest BCUT2D eigenvalue weighted by atomic mass is 9.95. The van der Waals surface area contributed by atoms with Crippen LogP contribution in [0.3, 0.4) is 0 Å². The predicted octanol–water partition coefficient (Wildman–Crippen LogP) is 1.64. The highest BCUT2D eigenvalue weighted by atomic mass is 16.5. The number of rotatable bonds is 6. The molecule has 0 aliphatic carbocycles. The zero-order valence-electron chi connectivity index (χ0n) is 17.3. The van der Waals surface area contributed by atoms with Crippen LogP contribution in [0.25, 0.3) is 10.9 Å². The van der Waals surface area contributed by atoms with Gasteiger partial charge in [0.2, 0.25) is 0 Å². The van der Waals surface area contributed by atoms with Crippen LogP contribution in [0, 0.1) is 0 Å². The van der Waals surface area contributed by atoms with Crippen LogP contribution in [0.2, 0.25) is 0 Å². The summed E-state index contributed by atoms with van der Waals surface area (Å²) in [6, 6.07) is 7.93. The molecule has 158 valence electrons. The Balaban J connectivity index is 1.47. The van der Waals surface area contributed by atoms with Crippen LogP contribution >= 0.6 is 0 Å². The maximum atomic E-state index is 13.5. The lowest BCUT2D eigenvalue weighted by Gasteiger charge is -2.37. The van der Waals surface area contributed by atoms with Gasteiger partial charge in [0.05, 0.1) is 18.7 Å². The topological polar surface area (TPSA) is 92.2 Å². The van der Waals surface area contributed by atoms with Gasteiger partial charge >= 0.3 is 0 Å². The van der Waals surface area contributed by atoms with E-state index in [1.807, 2.05) is 40.0 Å². The molecule has 1 N–H and O–H groups in total. The van der Waals surface area contributed by atoms with E-state index in [9.17, 15) is 4.79 Å². The van der Waals surface area contributed by atoms with Crippen molar-refractivity contribution in [3.8, 4) is 0 Å². The Hall–Kier alpha value is -2.78. The lowest BCUT2D eigenvalue weighted by Crippen LogP contribution is -2.49. The molecule has 9 heteroatoms. The SMILES string of the molecule is COCCn1nnnc1C1(N2CCCC2)CCN(C(=O)c2c[nH]c3ccccc23)C1. The summed E-state index contributed by atoms with van der Waals surface area (Å²) in [5.41, 5.74) is 1.35. The number of nitrogens with zero attached hydrogens (tertiary/aromatic N) is 6. The first-order valence-corrected chi connectivity index (χ1v) is 10.6. The van der Waals surface area contributed by atoms with Gasteiger partial charge in [-0.15, -0.1) is 5.10 Å². The van der Waals surface area contributed by atoms with Crippen molar-refractivity contribution in [1.29, 1.82) is 0 Å². The molecule has 0 bridgehead atoms. The third kappa shape index (κ3) is 3.09. The minimum Gasteiger partial charge on any atom is -0.383 e. The number of hydrogen-bond donors (Lipinski definition) is 1. The molecule has 1 unspecified atom stereocenters. The quantitative estimate of drug-likeness (QED) is 0.665. The van der Waals surface area contributed by atoms with Gasteiger partial charge in [-0.05, 0) is 48.8 Å². The van der Waals surface area contributed by atoms with Gasteiger partial charge in [-0.1, -0.05) is 18.2 Å². The van der Waals surface area contributed by atoms with Gasteiger partial charge in [0.1, 0.15) is 5.54 Å². The molecule has 1 aromatic carbocycles. The molecule has 2 fully saturated rings. The van der Waals surface area contributed by atoms with Gasteiger partial charge in [-0.3, -0.25) is 9.69 Å². The summed E-state index contributed by atoms with van der Waals surface area (Å²) in [6.45, 7) is 4.44. The zero-order chi connectivity index (χ0) is 20.6. The first-order chi connectivity index (χ1) is 14.7. The van der Waals surface area contributed by atoms with Gasteiger partial charge in [0.25, 0.3) is 5.91 Å². The van der Waals surface area contributed by atoms with E-state index in [2.05, 4.69) is 25.4 Å². The number of ether oxygens (including phenoxy) is 1. The standard InChI is InChI=1S/C21H27N7O2/c1-30-13-12-28-20(23-24-25-28)21(27-9-4-5-10-27)8-11-26(15-21)19(29)17-14-22-18-7-3-2-6-16(17)18/h2-3,6-7,14,22H,4-5,8-13,15H2,1H3. The number of likely N-dealkylation sites (tertiary alicyclic amines) is 2. The minimum absolute atomic E-state index is 0.0597. The van der Waals surface area contributed by atoms with E-state index in [1.165, 1.54) is 0 Å². The van der Waals surface area contributed by atoms with E-state index in [0.717, 1.165) is 54.6 Å². The molecule has 3 aromatic rings. The van der Waals surface area contributed by atoms with Crippen molar-refractivity contribution in [3.05, 3.63) is 41.9 Å². The first kappa shape index (κ1) is 19.2. The highest BCUT2D eigenvalue weighted by Crippen LogP contribution is 2.39. The molecule has 1 atom stereocenters. The molecule has 30 heavy (non-hydrogen) atoms. The molecule has 9 nitrogen and oxygen atoms in total. The average molecular weight is 409 g/mol. The Morgan fingerprint density at radius 2 is 2.07 bits per heavy atom. The second kappa shape index (κ2) is 7.81. The van der Waals surface area contributed by atoms with Crippen LogP contribution in [-0.4, -0.2) is 80.8 Å². The number of para-hydroxylation sites is 1. The third-order valence-corrected chi connectivity index (χ3v) is 6.52. The van der Waals surface area contributed by atoms with Gasteiger partial charge in [0, 0.05) is 37.3 Å². The van der Waals surface area contributed by atoms with Crippen LogP contribution in [0.15, 0.2) is 30.5 Å². The predicted molar refractivity (Wildman–Crippen MR) is 111 cm³/mol. The van der Waals surface area contributed by atoms with Crippen molar-refractivity contribution >= 4 is 16.8 Å². The normalized spacial score (nSPS) is 22.4. The summed E-state index contributed by atoms with van der Waals surface area (Å²) in [5, 5.41) is 13.6. The number of benzene rings is 1.